The van der Waals surface area contributed by atoms with Crippen LogP contribution in [0.4, 0.5) is 0 Å². The number of hydrogen-bond donors (Lipinski definition) is 2. The molecule has 0 amide bonds. The Morgan fingerprint density at radius 2 is 1.83 bits per heavy atom. The highest BCUT2D eigenvalue weighted by Crippen LogP contribution is 2.18. The van der Waals surface area contributed by atoms with Crippen LogP contribution in [0.3, 0.4) is 0 Å². The molecule has 1 rings (SSSR count). The Morgan fingerprint density at radius 3 is 2.25 bits per heavy atom. The third-order valence-electron chi connectivity index (χ3n) is 1.76. The summed E-state index contributed by atoms with van der Waals surface area (Å²) in [7, 11) is 0. The lowest BCUT2D eigenvalue weighted by atomic mass is 10.0. The first-order valence-electron chi connectivity index (χ1n) is 3.63. The van der Waals surface area contributed by atoms with Gasteiger partial charge in [0.1, 0.15) is 5.75 Å². The van der Waals surface area contributed by atoms with Crippen molar-refractivity contribution in [2.24, 2.45) is 0 Å². The Labute approximate surface area is 70.3 Å². The molecule has 0 aromatic heterocycles. The van der Waals surface area contributed by atoms with Gasteiger partial charge in [-0.3, -0.25) is 4.79 Å². The molecule has 0 heterocycles. The van der Waals surface area contributed by atoms with Crippen molar-refractivity contribution in [2.45, 2.75) is 12.8 Å². The Balaban J connectivity index is 2.89. The zero-order valence-electron chi connectivity index (χ0n) is 6.69. The van der Waals surface area contributed by atoms with E-state index in [9.17, 15) is 4.79 Å². The summed E-state index contributed by atoms with van der Waals surface area (Å²) in [6.45, 7) is 1.61. The number of carboxylic acid groups (broad SMARTS) is 1. The minimum absolute atomic E-state index is 0.149. The average Bonchev–Trinajstić information content (AvgIpc) is 2.04. The molecular formula is C9H10O3. The Bertz CT molecular complexity index is 276. The molecule has 3 nitrogen and oxygen atoms in total. The van der Waals surface area contributed by atoms with Crippen LogP contribution in [0.1, 0.15) is 18.4 Å². The number of hydrogen-bond acceptors (Lipinski definition) is 2. The molecule has 0 saturated heterocycles. The van der Waals surface area contributed by atoms with Crippen LogP contribution in [0.25, 0.3) is 0 Å². The zero-order valence-corrected chi connectivity index (χ0v) is 6.69. The monoisotopic (exact) mass is 166 g/mol. The maximum atomic E-state index is 10.5. The van der Waals surface area contributed by atoms with Gasteiger partial charge < -0.3 is 10.2 Å². The second-order valence-corrected chi connectivity index (χ2v) is 2.65. The summed E-state index contributed by atoms with van der Waals surface area (Å²) in [6.07, 6.45) is 0. The van der Waals surface area contributed by atoms with Gasteiger partial charge in [-0.1, -0.05) is 12.1 Å². The topological polar surface area (TPSA) is 57.5 Å². The zero-order chi connectivity index (χ0) is 9.14. The molecule has 2 N–H and O–H groups in total. The highest BCUT2D eigenvalue weighted by Gasteiger charge is 2.12. The first kappa shape index (κ1) is 8.59. The summed E-state index contributed by atoms with van der Waals surface area (Å²) in [5, 5.41) is 17.6. The van der Waals surface area contributed by atoms with Crippen molar-refractivity contribution in [3.05, 3.63) is 29.8 Å². The van der Waals surface area contributed by atoms with Crippen molar-refractivity contribution >= 4 is 5.97 Å². The predicted octanol–water partition coefficient (Wildman–Crippen LogP) is 1.58. The first-order chi connectivity index (χ1) is 5.61. The van der Waals surface area contributed by atoms with E-state index in [4.69, 9.17) is 10.2 Å². The summed E-state index contributed by atoms with van der Waals surface area (Å²) in [5.74, 6) is -1.23. The number of phenolic OH excluding ortho intramolecular Hbond substituents is 1. The van der Waals surface area contributed by atoms with Crippen LogP contribution in [-0.4, -0.2) is 16.2 Å². The quantitative estimate of drug-likeness (QED) is 0.701. The third kappa shape index (κ3) is 1.75. The molecule has 0 fully saturated rings. The standard InChI is InChI=1S/C9H10O3/c1-6(9(11)12)7-2-4-8(10)5-3-7/h2-6,10H,1H3,(H,11,12)/t6-/m0/s1. The van der Waals surface area contributed by atoms with E-state index in [0.717, 1.165) is 0 Å². The van der Waals surface area contributed by atoms with Gasteiger partial charge in [0.25, 0.3) is 0 Å². The smallest absolute Gasteiger partial charge is 0.310 e. The lowest BCUT2D eigenvalue weighted by molar-refractivity contribution is -0.138. The molecule has 3 heteroatoms. The lowest BCUT2D eigenvalue weighted by Crippen LogP contribution is -2.06. The van der Waals surface area contributed by atoms with E-state index < -0.39 is 11.9 Å². The van der Waals surface area contributed by atoms with Gasteiger partial charge in [-0.15, -0.1) is 0 Å². The molecule has 1 aromatic carbocycles. The summed E-state index contributed by atoms with van der Waals surface area (Å²) < 4.78 is 0. The van der Waals surface area contributed by atoms with Crippen molar-refractivity contribution in [3.8, 4) is 5.75 Å². The van der Waals surface area contributed by atoms with Crippen LogP contribution in [0.15, 0.2) is 24.3 Å². The van der Waals surface area contributed by atoms with Gasteiger partial charge >= 0.3 is 5.97 Å². The van der Waals surface area contributed by atoms with Crippen LogP contribution in [0, 0.1) is 0 Å². The van der Waals surface area contributed by atoms with E-state index in [1.807, 2.05) is 0 Å². The molecule has 64 valence electrons. The number of benzene rings is 1. The van der Waals surface area contributed by atoms with E-state index in [2.05, 4.69) is 0 Å². The Hall–Kier alpha value is -1.51. The molecule has 0 saturated carbocycles. The van der Waals surface area contributed by atoms with Crippen LogP contribution in [-0.2, 0) is 4.79 Å². The molecule has 0 aliphatic rings. The summed E-state index contributed by atoms with van der Waals surface area (Å²) in [5.41, 5.74) is 0.695. The molecule has 1 atom stereocenters. The van der Waals surface area contributed by atoms with Gasteiger partial charge in [0.2, 0.25) is 0 Å². The van der Waals surface area contributed by atoms with Gasteiger partial charge in [-0.2, -0.15) is 0 Å². The molecule has 0 unspecified atom stereocenters. The van der Waals surface area contributed by atoms with Crippen molar-refractivity contribution in [3.63, 3.8) is 0 Å². The second kappa shape index (κ2) is 3.26. The minimum Gasteiger partial charge on any atom is -0.508 e. The average molecular weight is 166 g/mol. The van der Waals surface area contributed by atoms with E-state index >= 15 is 0 Å². The molecule has 0 aliphatic heterocycles. The van der Waals surface area contributed by atoms with Crippen molar-refractivity contribution in [1.82, 2.24) is 0 Å². The fourth-order valence-electron chi connectivity index (χ4n) is 0.906. The molecule has 1 aromatic rings. The number of rotatable bonds is 2. The van der Waals surface area contributed by atoms with Crippen LogP contribution >= 0.6 is 0 Å². The van der Waals surface area contributed by atoms with Crippen molar-refractivity contribution < 1.29 is 15.0 Å². The fourth-order valence-corrected chi connectivity index (χ4v) is 0.906. The molecule has 0 aliphatic carbocycles. The van der Waals surface area contributed by atoms with Gasteiger partial charge in [-0.05, 0) is 24.6 Å². The number of carbonyl (C=O) groups is 1. The molecule has 12 heavy (non-hydrogen) atoms. The fraction of sp³-hybridized carbons (Fsp3) is 0.222. The molecular weight excluding hydrogens is 156 g/mol. The van der Waals surface area contributed by atoms with E-state index in [-0.39, 0.29) is 5.75 Å². The molecule has 0 bridgehead atoms. The summed E-state index contributed by atoms with van der Waals surface area (Å²) >= 11 is 0. The summed E-state index contributed by atoms with van der Waals surface area (Å²) in [6, 6.07) is 6.17. The van der Waals surface area contributed by atoms with E-state index in [1.165, 1.54) is 12.1 Å². The highest BCUT2D eigenvalue weighted by molar-refractivity contribution is 5.75. The van der Waals surface area contributed by atoms with Crippen LogP contribution < -0.4 is 0 Å². The SMILES string of the molecule is C[C@H](C(=O)O)c1ccc(O)cc1. The van der Waals surface area contributed by atoms with Gasteiger partial charge in [0, 0.05) is 0 Å². The highest BCUT2D eigenvalue weighted by atomic mass is 16.4. The van der Waals surface area contributed by atoms with E-state index in [0.29, 0.717) is 5.56 Å². The van der Waals surface area contributed by atoms with E-state index in [1.54, 1.807) is 19.1 Å². The molecule has 0 radical (unpaired) electrons. The maximum Gasteiger partial charge on any atom is 0.310 e. The largest absolute Gasteiger partial charge is 0.508 e. The second-order valence-electron chi connectivity index (χ2n) is 2.65. The van der Waals surface area contributed by atoms with Gasteiger partial charge in [0.05, 0.1) is 5.92 Å². The molecule has 0 spiro atoms. The number of aromatic hydroxyl groups is 1. The van der Waals surface area contributed by atoms with Crippen molar-refractivity contribution in [1.29, 1.82) is 0 Å². The minimum atomic E-state index is -0.860. The van der Waals surface area contributed by atoms with Gasteiger partial charge in [-0.25, -0.2) is 0 Å². The lowest BCUT2D eigenvalue weighted by Gasteiger charge is -2.05. The Morgan fingerprint density at radius 1 is 1.33 bits per heavy atom. The maximum absolute atomic E-state index is 10.5. The number of carboxylic acids is 1. The normalized spacial score (nSPS) is 12.4. The first-order valence-corrected chi connectivity index (χ1v) is 3.63. The van der Waals surface area contributed by atoms with Crippen LogP contribution in [0.5, 0.6) is 5.75 Å². The van der Waals surface area contributed by atoms with Crippen LogP contribution in [0.2, 0.25) is 0 Å². The van der Waals surface area contributed by atoms with Crippen molar-refractivity contribution in [2.75, 3.05) is 0 Å². The Kier molecular flexibility index (Phi) is 2.33. The third-order valence-corrected chi connectivity index (χ3v) is 1.76. The number of aliphatic carboxylic acids is 1. The summed E-state index contributed by atoms with van der Waals surface area (Å²) in [4.78, 5) is 10.5. The number of phenols is 1. The van der Waals surface area contributed by atoms with Gasteiger partial charge in [0.15, 0.2) is 0 Å². The predicted molar refractivity (Wildman–Crippen MR) is 44.2 cm³/mol.